The Morgan fingerprint density at radius 3 is 2.47 bits per heavy atom. The quantitative estimate of drug-likeness (QED) is 0.675. The predicted octanol–water partition coefficient (Wildman–Crippen LogP) is 2.63. The lowest BCUT2D eigenvalue weighted by molar-refractivity contribution is -0.131. The largest absolute Gasteiger partial charge is 0.495 e. The molecular formula is C21H26ClN3O4S. The van der Waals surface area contributed by atoms with E-state index in [1.54, 1.807) is 23.1 Å². The van der Waals surface area contributed by atoms with Crippen molar-refractivity contribution in [2.45, 2.75) is 11.8 Å². The smallest absolute Gasteiger partial charge is 0.246 e. The van der Waals surface area contributed by atoms with Crippen molar-refractivity contribution in [2.24, 2.45) is 0 Å². The van der Waals surface area contributed by atoms with Crippen molar-refractivity contribution in [3.05, 3.63) is 53.1 Å². The zero-order valence-corrected chi connectivity index (χ0v) is 18.9. The van der Waals surface area contributed by atoms with Gasteiger partial charge in [-0.3, -0.25) is 4.79 Å². The number of anilines is 1. The van der Waals surface area contributed by atoms with Crippen LogP contribution in [0.15, 0.2) is 47.4 Å². The molecule has 0 N–H and O–H groups in total. The second-order valence-corrected chi connectivity index (χ2v) is 9.71. The Balaban J connectivity index is 1.64. The van der Waals surface area contributed by atoms with Crippen molar-refractivity contribution in [1.29, 1.82) is 0 Å². The number of benzene rings is 2. The molecule has 0 bridgehead atoms. The molecule has 1 amide bonds. The molecule has 30 heavy (non-hydrogen) atoms. The summed E-state index contributed by atoms with van der Waals surface area (Å²) in [7, 11) is -1.02. The van der Waals surface area contributed by atoms with Gasteiger partial charge in [0.1, 0.15) is 10.6 Å². The number of aryl methyl sites for hydroxylation is 1. The monoisotopic (exact) mass is 451 g/mol. The van der Waals surface area contributed by atoms with E-state index in [1.807, 2.05) is 31.2 Å². The van der Waals surface area contributed by atoms with Crippen LogP contribution in [0.5, 0.6) is 5.75 Å². The van der Waals surface area contributed by atoms with Gasteiger partial charge < -0.3 is 14.5 Å². The number of methoxy groups -OCH3 is 1. The van der Waals surface area contributed by atoms with E-state index in [0.717, 1.165) is 15.6 Å². The lowest BCUT2D eigenvalue weighted by Crippen LogP contribution is -2.51. The van der Waals surface area contributed by atoms with E-state index < -0.39 is 10.0 Å². The molecule has 1 aliphatic heterocycles. The first-order chi connectivity index (χ1) is 14.2. The minimum absolute atomic E-state index is 0.0612. The maximum Gasteiger partial charge on any atom is 0.246 e. The van der Waals surface area contributed by atoms with Crippen LogP contribution in [-0.2, 0) is 14.8 Å². The van der Waals surface area contributed by atoms with Crippen LogP contribution in [0.2, 0.25) is 5.02 Å². The molecule has 0 aliphatic carbocycles. The number of ether oxygens (including phenoxy) is 1. The van der Waals surface area contributed by atoms with Crippen LogP contribution in [0.4, 0.5) is 5.69 Å². The minimum Gasteiger partial charge on any atom is -0.495 e. The molecule has 0 radical (unpaired) electrons. The average Bonchev–Trinajstić information content (AvgIpc) is 2.73. The molecule has 1 saturated heterocycles. The summed E-state index contributed by atoms with van der Waals surface area (Å²) < 4.78 is 32.3. The number of amides is 1. The van der Waals surface area contributed by atoms with Crippen molar-refractivity contribution in [3.8, 4) is 5.75 Å². The molecular weight excluding hydrogens is 426 g/mol. The average molecular weight is 452 g/mol. The summed E-state index contributed by atoms with van der Waals surface area (Å²) in [6.07, 6.45) is 0. The third-order valence-electron chi connectivity index (χ3n) is 5.17. The number of carbonyl (C=O) groups is 1. The molecule has 0 spiro atoms. The summed E-state index contributed by atoms with van der Waals surface area (Å²) >= 11 is 6.06. The van der Waals surface area contributed by atoms with Crippen LogP contribution in [0.25, 0.3) is 0 Å². The first-order valence-electron chi connectivity index (χ1n) is 9.61. The Hall–Kier alpha value is -2.29. The number of likely N-dealkylation sites (N-methyl/N-ethyl adjacent to an activating group) is 1. The summed E-state index contributed by atoms with van der Waals surface area (Å²) in [6, 6.07) is 12.6. The van der Waals surface area contributed by atoms with E-state index >= 15 is 0 Å². The highest BCUT2D eigenvalue weighted by molar-refractivity contribution is 7.89. The Labute approximate surface area is 182 Å². The normalized spacial score (nSPS) is 14.8. The van der Waals surface area contributed by atoms with Gasteiger partial charge >= 0.3 is 0 Å². The van der Waals surface area contributed by atoms with E-state index in [9.17, 15) is 13.2 Å². The van der Waals surface area contributed by atoms with E-state index in [0.29, 0.717) is 31.2 Å². The summed E-state index contributed by atoms with van der Waals surface area (Å²) in [6.45, 7) is 3.95. The zero-order valence-electron chi connectivity index (χ0n) is 17.3. The molecule has 0 saturated carbocycles. The second kappa shape index (κ2) is 9.24. The number of nitrogens with zero attached hydrogens (tertiary/aromatic N) is 3. The molecule has 1 fully saturated rings. The van der Waals surface area contributed by atoms with Gasteiger partial charge in [-0.25, -0.2) is 8.42 Å². The van der Waals surface area contributed by atoms with Crippen molar-refractivity contribution < 1.29 is 17.9 Å². The zero-order chi connectivity index (χ0) is 21.9. The second-order valence-electron chi connectivity index (χ2n) is 7.26. The van der Waals surface area contributed by atoms with Crippen molar-refractivity contribution in [2.75, 3.05) is 51.8 Å². The molecule has 2 aromatic rings. The van der Waals surface area contributed by atoms with Gasteiger partial charge in [0.15, 0.2) is 0 Å². The van der Waals surface area contributed by atoms with Gasteiger partial charge in [0.05, 0.1) is 13.7 Å². The van der Waals surface area contributed by atoms with Gasteiger partial charge in [-0.1, -0.05) is 23.7 Å². The van der Waals surface area contributed by atoms with Gasteiger partial charge in [0.25, 0.3) is 0 Å². The van der Waals surface area contributed by atoms with Crippen LogP contribution in [0, 0.1) is 6.92 Å². The van der Waals surface area contributed by atoms with Crippen molar-refractivity contribution in [1.82, 2.24) is 9.21 Å². The van der Waals surface area contributed by atoms with Crippen LogP contribution in [0.1, 0.15) is 5.56 Å². The number of hydrogen-bond acceptors (Lipinski definition) is 5. The summed E-state index contributed by atoms with van der Waals surface area (Å²) in [5.41, 5.74) is 1.81. The first-order valence-corrected chi connectivity index (χ1v) is 11.4. The fraction of sp³-hybridized carbons (Fsp3) is 0.381. The Morgan fingerprint density at radius 2 is 1.83 bits per heavy atom. The first kappa shape index (κ1) is 22.4. The standard InChI is InChI=1S/C21H26ClN3O4S/c1-16-7-8-19(29-3)20(13-16)30(27,28)23(2)15-21(26)25-11-9-24(10-12-25)18-6-4-5-17(22)14-18/h4-8,13-14H,9-12,15H2,1-3H3. The Morgan fingerprint density at radius 1 is 1.13 bits per heavy atom. The number of piperazine rings is 1. The van der Waals surface area contributed by atoms with E-state index in [-0.39, 0.29) is 23.1 Å². The molecule has 9 heteroatoms. The van der Waals surface area contributed by atoms with Gasteiger partial charge in [0, 0.05) is 43.9 Å². The van der Waals surface area contributed by atoms with E-state index in [4.69, 9.17) is 16.3 Å². The molecule has 3 rings (SSSR count). The lowest BCUT2D eigenvalue weighted by Gasteiger charge is -2.36. The summed E-state index contributed by atoms with van der Waals surface area (Å²) in [4.78, 5) is 16.7. The summed E-state index contributed by atoms with van der Waals surface area (Å²) in [5.74, 6) is 0.0356. The number of halogens is 1. The van der Waals surface area contributed by atoms with Crippen LogP contribution in [0.3, 0.4) is 0 Å². The molecule has 1 heterocycles. The minimum atomic E-state index is -3.86. The third kappa shape index (κ3) is 4.88. The van der Waals surface area contributed by atoms with Gasteiger partial charge in [0.2, 0.25) is 15.9 Å². The highest BCUT2D eigenvalue weighted by atomic mass is 35.5. The maximum absolute atomic E-state index is 13.0. The fourth-order valence-electron chi connectivity index (χ4n) is 3.42. The predicted molar refractivity (Wildman–Crippen MR) is 118 cm³/mol. The van der Waals surface area contributed by atoms with Gasteiger partial charge in [-0.05, 0) is 42.8 Å². The van der Waals surface area contributed by atoms with E-state index in [1.165, 1.54) is 14.2 Å². The van der Waals surface area contributed by atoms with Crippen molar-refractivity contribution >= 4 is 33.2 Å². The number of carbonyl (C=O) groups excluding carboxylic acids is 1. The highest BCUT2D eigenvalue weighted by Crippen LogP contribution is 2.27. The maximum atomic E-state index is 13.0. The van der Waals surface area contributed by atoms with Gasteiger partial charge in [-0.15, -0.1) is 0 Å². The molecule has 7 nitrogen and oxygen atoms in total. The Bertz CT molecular complexity index is 1020. The fourth-order valence-corrected chi connectivity index (χ4v) is 4.96. The SMILES string of the molecule is COc1ccc(C)cc1S(=O)(=O)N(C)CC(=O)N1CCN(c2cccc(Cl)c2)CC1. The topological polar surface area (TPSA) is 70.2 Å². The highest BCUT2D eigenvalue weighted by Gasteiger charge is 2.29. The Kier molecular flexibility index (Phi) is 6.90. The number of rotatable bonds is 6. The molecule has 0 unspecified atom stereocenters. The van der Waals surface area contributed by atoms with Crippen LogP contribution in [-0.4, -0.2) is 70.4 Å². The van der Waals surface area contributed by atoms with Crippen LogP contribution < -0.4 is 9.64 Å². The summed E-state index contributed by atoms with van der Waals surface area (Å²) in [5, 5.41) is 0.671. The van der Waals surface area contributed by atoms with E-state index in [2.05, 4.69) is 4.90 Å². The van der Waals surface area contributed by atoms with Crippen LogP contribution >= 0.6 is 11.6 Å². The molecule has 0 atom stereocenters. The molecule has 0 aromatic heterocycles. The molecule has 2 aromatic carbocycles. The lowest BCUT2D eigenvalue weighted by atomic mass is 10.2. The molecule has 1 aliphatic rings. The third-order valence-corrected chi connectivity index (χ3v) is 7.23. The number of hydrogen-bond donors (Lipinski definition) is 0. The van der Waals surface area contributed by atoms with Crippen molar-refractivity contribution in [3.63, 3.8) is 0 Å². The molecule has 162 valence electrons. The van der Waals surface area contributed by atoms with Gasteiger partial charge in [-0.2, -0.15) is 4.31 Å². The number of sulfonamides is 1.